The second-order valence-electron chi connectivity index (χ2n) is 5.43. The zero-order valence-corrected chi connectivity index (χ0v) is 11.9. The molecule has 2 N–H and O–H groups in total. The summed E-state index contributed by atoms with van der Waals surface area (Å²) in [5.74, 6) is 0.176. The zero-order valence-electron chi connectivity index (χ0n) is 11.9. The average molecular weight is 257 g/mol. The molecule has 0 spiro atoms. The van der Waals surface area contributed by atoms with E-state index < -0.39 is 0 Å². The summed E-state index contributed by atoms with van der Waals surface area (Å²) in [7, 11) is 3.60. The van der Waals surface area contributed by atoms with Crippen LogP contribution in [-0.2, 0) is 4.79 Å². The van der Waals surface area contributed by atoms with Gasteiger partial charge in [-0.2, -0.15) is 0 Å². The topological polar surface area (TPSA) is 55.8 Å². The van der Waals surface area contributed by atoms with Crippen LogP contribution in [0, 0.1) is 0 Å². The fourth-order valence-corrected chi connectivity index (χ4v) is 2.12. The molecule has 0 aliphatic carbocycles. The van der Waals surface area contributed by atoms with Crippen LogP contribution in [0.2, 0.25) is 0 Å². The number of piperidine rings is 1. The van der Waals surface area contributed by atoms with Crippen LogP contribution in [0.15, 0.2) is 0 Å². The van der Waals surface area contributed by atoms with Gasteiger partial charge in [-0.25, -0.2) is 0 Å². The van der Waals surface area contributed by atoms with Crippen molar-refractivity contribution in [3.63, 3.8) is 0 Å². The number of hydrogen-bond acceptors (Lipinski definition) is 4. The van der Waals surface area contributed by atoms with Crippen molar-refractivity contribution in [1.29, 1.82) is 0 Å². The third-order valence-electron chi connectivity index (χ3n) is 3.44. The zero-order chi connectivity index (χ0) is 13.5. The maximum atomic E-state index is 11.6. The maximum Gasteiger partial charge on any atom is 0.236 e. The van der Waals surface area contributed by atoms with Crippen molar-refractivity contribution in [1.82, 2.24) is 15.1 Å². The van der Waals surface area contributed by atoms with Crippen LogP contribution in [0.3, 0.4) is 0 Å². The van der Waals surface area contributed by atoms with Crippen molar-refractivity contribution < 1.29 is 9.90 Å². The molecule has 1 amide bonds. The lowest BCUT2D eigenvalue weighted by molar-refractivity contribution is -0.130. The summed E-state index contributed by atoms with van der Waals surface area (Å²) in [5.41, 5.74) is 0. The number of likely N-dealkylation sites (N-methyl/N-ethyl adjacent to an activating group) is 1. The number of nitrogens with zero attached hydrogens (tertiary/aromatic N) is 2. The van der Waals surface area contributed by atoms with Crippen LogP contribution in [0.25, 0.3) is 0 Å². The Kier molecular flexibility index (Phi) is 6.60. The van der Waals surface area contributed by atoms with Gasteiger partial charge in [0.25, 0.3) is 0 Å². The molecule has 0 aromatic rings. The van der Waals surface area contributed by atoms with E-state index >= 15 is 0 Å². The van der Waals surface area contributed by atoms with Gasteiger partial charge in [-0.15, -0.1) is 0 Å². The first-order chi connectivity index (χ1) is 8.49. The first-order valence-corrected chi connectivity index (χ1v) is 6.83. The van der Waals surface area contributed by atoms with E-state index in [1.54, 1.807) is 19.0 Å². The standard InChI is InChI=1S/C13H27N3O2/c1-11(17)4-7-14-12-5-8-16(9-6-12)10-13(18)15(2)3/h11-12,14,17H,4-10H2,1-3H3. The molecule has 0 saturated carbocycles. The molecule has 0 aromatic heterocycles. The van der Waals surface area contributed by atoms with Crippen LogP contribution in [0.5, 0.6) is 0 Å². The van der Waals surface area contributed by atoms with Crippen LogP contribution >= 0.6 is 0 Å². The second kappa shape index (κ2) is 7.71. The number of likely N-dealkylation sites (tertiary alicyclic amines) is 1. The molecule has 1 atom stereocenters. The molecular formula is C13H27N3O2. The number of aliphatic hydroxyl groups is 1. The Morgan fingerprint density at radius 3 is 2.56 bits per heavy atom. The van der Waals surface area contributed by atoms with E-state index in [-0.39, 0.29) is 12.0 Å². The quantitative estimate of drug-likeness (QED) is 0.698. The van der Waals surface area contributed by atoms with Crippen molar-refractivity contribution in [3.8, 4) is 0 Å². The van der Waals surface area contributed by atoms with E-state index in [1.165, 1.54) is 0 Å². The summed E-state index contributed by atoms with van der Waals surface area (Å²) < 4.78 is 0. The first-order valence-electron chi connectivity index (χ1n) is 6.83. The predicted octanol–water partition coefficient (Wildman–Crippen LogP) is -0.100. The fourth-order valence-electron chi connectivity index (χ4n) is 2.12. The van der Waals surface area contributed by atoms with Gasteiger partial charge in [-0.05, 0) is 32.7 Å². The normalized spacial score (nSPS) is 19.8. The van der Waals surface area contributed by atoms with Crippen LogP contribution in [0.1, 0.15) is 26.2 Å². The van der Waals surface area contributed by atoms with E-state index in [9.17, 15) is 9.90 Å². The van der Waals surface area contributed by atoms with E-state index in [0.29, 0.717) is 12.6 Å². The van der Waals surface area contributed by atoms with Crippen LogP contribution in [0.4, 0.5) is 0 Å². The molecule has 5 nitrogen and oxygen atoms in total. The molecule has 0 bridgehead atoms. The minimum atomic E-state index is -0.227. The number of carbonyl (C=O) groups excluding carboxylic acids is 1. The molecule has 106 valence electrons. The highest BCUT2D eigenvalue weighted by molar-refractivity contribution is 5.77. The third kappa shape index (κ3) is 5.80. The summed E-state index contributed by atoms with van der Waals surface area (Å²) >= 11 is 0. The van der Waals surface area contributed by atoms with Gasteiger partial charge in [0.05, 0.1) is 12.6 Å². The number of amides is 1. The van der Waals surface area contributed by atoms with E-state index in [2.05, 4.69) is 10.2 Å². The summed E-state index contributed by atoms with van der Waals surface area (Å²) in [6.45, 7) is 5.18. The SMILES string of the molecule is CC(O)CCNC1CCN(CC(=O)N(C)C)CC1. The first kappa shape index (κ1) is 15.4. The Morgan fingerprint density at radius 1 is 1.44 bits per heavy atom. The third-order valence-corrected chi connectivity index (χ3v) is 3.44. The number of rotatable bonds is 6. The lowest BCUT2D eigenvalue weighted by atomic mass is 10.0. The largest absolute Gasteiger partial charge is 0.393 e. The number of nitrogens with one attached hydrogen (secondary N) is 1. The van der Waals surface area contributed by atoms with Gasteiger partial charge in [-0.3, -0.25) is 9.69 Å². The molecule has 0 aromatic carbocycles. The van der Waals surface area contributed by atoms with Crippen molar-refractivity contribution in [2.45, 2.75) is 38.3 Å². The molecule has 1 fully saturated rings. The lowest BCUT2D eigenvalue weighted by Gasteiger charge is -2.32. The molecule has 5 heteroatoms. The van der Waals surface area contributed by atoms with Crippen LogP contribution in [-0.4, -0.2) is 73.2 Å². The number of hydrogen-bond donors (Lipinski definition) is 2. The van der Waals surface area contributed by atoms with Gasteiger partial charge >= 0.3 is 0 Å². The summed E-state index contributed by atoms with van der Waals surface area (Å²) in [6, 6.07) is 0.537. The molecule has 0 radical (unpaired) electrons. The Hall–Kier alpha value is -0.650. The molecular weight excluding hydrogens is 230 g/mol. The molecule has 1 aliphatic rings. The molecule has 1 saturated heterocycles. The summed E-state index contributed by atoms with van der Waals surface area (Å²) in [4.78, 5) is 15.4. The minimum absolute atomic E-state index is 0.176. The highest BCUT2D eigenvalue weighted by Gasteiger charge is 2.20. The fraction of sp³-hybridized carbons (Fsp3) is 0.923. The van der Waals surface area contributed by atoms with E-state index in [4.69, 9.17) is 0 Å². The van der Waals surface area contributed by atoms with Gasteiger partial charge in [0.2, 0.25) is 5.91 Å². The summed E-state index contributed by atoms with van der Waals surface area (Å²) in [5, 5.41) is 12.7. The van der Waals surface area contributed by atoms with Gasteiger partial charge < -0.3 is 15.3 Å². The van der Waals surface area contributed by atoms with E-state index in [0.717, 1.165) is 38.9 Å². The molecule has 1 aliphatic heterocycles. The Morgan fingerprint density at radius 2 is 2.06 bits per heavy atom. The van der Waals surface area contributed by atoms with E-state index in [1.807, 2.05) is 6.92 Å². The average Bonchev–Trinajstić information content (AvgIpc) is 2.30. The van der Waals surface area contributed by atoms with Gasteiger partial charge in [-0.1, -0.05) is 0 Å². The molecule has 1 heterocycles. The smallest absolute Gasteiger partial charge is 0.236 e. The van der Waals surface area contributed by atoms with Crippen molar-refractivity contribution in [2.75, 3.05) is 40.3 Å². The molecule has 18 heavy (non-hydrogen) atoms. The lowest BCUT2D eigenvalue weighted by Crippen LogP contribution is -2.46. The minimum Gasteiger partial charge on any atom is -0.393 e. The van der Waals surface area contributed by atoms with Crippen LogP contribution < -0.4 is 5.32 Å². The Labute approximate surface area is 110 Å². The molecule has 1 unspecified atom stereocenters. The number of carbonyl (C=O) groups is 1. The van der Waals surface area contributed by atoms with Gasteiger partial charge in [0.15, 0.2) is 0 Å². The molecule has 1 rings (SSSR count). The van der Waals surface area contributed by atoms with Gasteiger partial charge in [0, 0.05) is 33.2 Å². The highest BCUT2D eigenvalue weighted by Crippen LogP contribution is 2.10. The number of aliphatic hydroxyl groups excluding tert-OH is 1. The van der Waals surface area contributed by atoms with Crippen molar-refractivity contribution in [2.24, 2.45) is 0 Å². The van der Waals surface area contributed by atoms with Crippen molar-refractivity contribution in [3.05, 3.63) is 0 Å². The second-order valence-corrected chi connectivity index (χ2v) is 5.43. The van der Waals surface area contributed by atoms with Gasteiger partial charge in [0.1, 0.15) is 0 Å². The Balaban J connectivity index is 2.14. The predicted molar refractivity (Wildman–Crippen MR) is 72.5 cm³/mol. The monoisotopic (exact) mass is 257 g/mol. The maximum absolute atomic E-state index is 11.6. The summed E-state index contributed by atoms with van der Waals surface area (Å²) in [6.07, 6.45) is 2.75. The van der Waals surface area contributed by atoms with Crippen molar-refractivity contribution >= 4 is 5.91 Å². The highest BCUT2D eigenvalue weighted by atomic mass is 16.3. The Bertz CT molecular complexity index is 249.